The van der Waals surface area contributed by atoms with Crippen LogP contribution in [0.4, 0.5) is 4.79 Å². The van der Waals surface area contributed by atoms with Gasteiger partial charge in [-0.3, -0.25) is 19.5 Å². The normalized spacial score (nSPS) is 23.3. The maximum atomic E-state index is 14.5. The lowest BCUT2D eigenvalue weighted by Crippen LogP contribution is -2.70. The molecule has 0 saturated carbocycles. The number of carbonyl (C=O) groups is 2. The topological polar surface area (TPSA) is 43.9 Å². The summed E-state index contributed by atoms with van der Waals surface area (Å²) in [4.78, 5) is 34.8. The molecule has 3 amide bonds. The molecule has 5 heteroatoms. The molecule has 0 radical (unpaired) electrons. The second-order valence-electron chi connectivity index (χ2n) is 13.5. The molecule has 0 N–H and O–H groups in total. The highest BCUT2D eigenvalue weighted by molar-refractivity contribution is 6.07. The summed E-state index contributed by atoms with van der Waals surface area (Å²) >= 11 is 0. The first-order valence-corrected chi connectivity index (χ1v) is 15.8. The molecule has 4 rings (SSSR count). The van der Waals surface area contributed by atoms with Gasteiger partial charge in [-0.2, -0.15) is 0 Å². The van der Waals surface area contributed by atoms with Crippen molar-refractivity contribution in [1.29, 1.82) is 0 Å². The average molecular weight is 536 g/mol. The van der Waals surface area contributed by atoms with Crippen molar-refractivity contribution in [1.82, 2.24) is 14.7 Å². The Kier molecular flexibility index (Phi) is 9.30. The third-order valence-electron chi connectivity index (χ3n) is 9.56. The molecule has 1 unspecified atom stereocenters. The highest BCUT2D eigenvalue weighted by atomic mass is 16.2. The van der Waals surface area contributed by atoms with Crippen LogP contribution in [0.15, 0.2) is 30.3 Å². The number of nitrogens with zero attached hydrogens (tertiary/aromatic N) is 3. The fraction of sp³-hybridized carbons (Fsp3) is 0.706. The fourth-order valence-corrected chi connectivity index (χ4v) is 8.23. The number of unbranched alkanes of at least 4 members (excludes halogenated alkanes) is 9. The van der Waals surface area contributed by atoms with Gasteiger partial charge in [-0.25, -0.2) is 4.79 Å². The van der Waals surface area contributed by atoms with E-state index in [0.717, 1.165) is 30.5 Å². The van der Waals surface area contributed by atoms with E-state index in [-0.39, 0.29) is 29.1 Å². The van der Waals surface area contributed by atoms with Gasteiger partial charge in [0.2, 0.25) is 0 Å². The van der Waals surface area contributed by atoms with Gasteiger partial charge in [0.05, 0.1) is 6.04 Å². The van der Waals surface area contributed by atoms with Crippen LogP contribution in [0.1, 0.15) is 136 Å². The van der Waals surface area contributed by atoms with Gasteiger partial charge in [0.25, 0.3) is 5.91 Å². The number of carbonyl (C=O) groups excluding carboxylic acids is 2. The molecule has 39 heavy (non-hydrogen) atoms. The molecule has 3 aliphatic rings. The van der Waals surface area contributed by atoms with Gasteiger partial charge in [0.1, 0.15) is 5.54 Å². The lowest BCUT2D eigenvalue weighted by molar-refractivity contribution is -0.147. The molecule has 1 aliphatic carbocycles. The molecule has 216 valence electrons. The van der Waals surface area contributed by atoms with E-state index in [9.17, 15) is 9.59 Å². The van der Waals surface area contributed by atoms with Crippen molar-refractivity contribution in [3.05, 3.63) is 41.5 Å². The number of urea groups is 1. The van der Waals surface area contributed by atoms with Crippen molar-refractivity contribution in [2.45, 2.75) is 141 Å². The van der Waals surface area contributed by atoms with E-state index < -0.39 is 5.54 Å². The van der Waals surface area contributed by atoms with Crippen LogP contribution in [0.5, 0.6) is 0 Å². The molecule has 5 nitrogen and oxygen atoms in total. The summed E-state index contributed by atoms with van der Waals surface area (Å²) in [6.45, 7) is 14.9. The molecule has 0 bridgehead atoms. The molecule has 1 atom stereocenters. The number of imide groups is 1. The van der Waals surface area contributed by atoms with Crippen molar-refractivity contribution in [3.8, 4) is 0 Å². The first-order chi connectivity index (χ1) is 18.6. The Labute approximate surface area is 238 Å². The largest absolute Gasteiger partial charge is 0.328 e. The Bertz CT molecular complexity index is 1020. The summed E-state index contributed by atoms with van der Waals surface area (Å²) in [5.74, 6) is 0.0260. The first kappa shape index (κ1) is 29.8. The number of benzene rings is 1. The second-order valence-corrected chi connectivity index (χ2v) is 13.5. The summed E-state index contributed by atoms with van der Waals surface area (Å²) in [5, 5.41) is 0. The maximum absolute atomic E-state index is 14.5. The van der Waals surface area contributed by atoms with Gasteiger partial charge in [0.15, 0.2) is 0 Å². The Morgan fingerprint density at radius 1 is 0.795 bits per heavy atom. The number of hydrogen-bond donors (Lipinski definition) is 0. The van der Waals surface area contributed by atoms with E-state index in [1.165, 1.54) is 51.4 Å². The van der Waals surface area contributed by atoms with Crippen LogP contribution < -0.4 is 0 Å². The predicted molar refractivity (Wildman–Crippen MR) is 162 cm³/mol. The zero-order valence-electron chi connectivity index (χ0n) is 25.6. The first-order valence-electron chi connectivity index (χ1n) is 15.8. The quantitative estimate of drug-likeness (QED) is 0.188. The summed E-state index contributed by atoms with van der Waals surface area (Å²) in [6, 6.07) is 8.02. The van der Waals surface area contributed by atoms with Crippen molar-refractivity contribution in [3.63, 3.8) is 0 Å². The van der Waals surface area contributed by atoms with Gasteiger partial charge in [-0.05, 0) is 64.6 Å². The average Bonchev–Trinajstić information content (AvgIpc) is 3.36. The van der Waals surface area contributed by atoms with Crippen LogP contribution in [0.25, 0.3) is 6.08 Å². The number of amides is 3. The number of rotatable bonds is 13. The number of piperidine rings is 1. The van der Waals surface area contributed by atoms with Crippen molar-refractivity contribution < 1.29 is 9.59 Å². The van der Waals surface area contributed by atoms with E-state index in [1.807, 2.05) is 17.0 Å². The zero-order valence-corrected chi connectivity index (χ0v) is 25.6. The standard InChI is InChI=1S/C34H53N3O2/c1-7-9-10-11-12-13-14-15-16-19-24-35-30(38)34(25-32(3,4)36(8-2)33(5,6)26-34)37(31(35)39)29-23-22-27-20-17-18-21-28(27)29/h17-18,20-23,29H,7-16,19,24-26H2,1-6H3. The molecule has 2 fully saturated rings. The highest BCUT2D eigenvalue weighted by Gasteiger charge is 2.66. The lowest BCUT2D eigenvalue weighted by atomic mass is 9.67. The van der Waals surface area contributed by atoms with Gasteiger partial charge in [0, 0.05) is 17.6 Å². The second kappa shape index (κ2) is 12.2. The molecule has 1 aromatic rings. The summed E-state index contributed by atoms with van der Waals surface area (Å²) in [7, 11) is 0. The molecule has 1 aromatic carbocycles. The Morgan fingerprint density at radius 2 is 1.36 bits per heavy atom. The Morgan fingerprint density at radius 3 is 1.95 bits per heavy atom. The van der Waals surface area contributed by atoms with Crippen LogP contribution in [-0.4, -0.2) is 56.3 Å². The van der Waals surface area contributed by atoms with E-state index in [2.05, 4.69) is 70.7 Å². The predicted octanol–water partition coefficient (Wildman–Crippen LogP) is 8.35. The van der Waals surface area contributed by atoms with Gasteiger partial charge < -0.3 is 0 Å². The Hall–Kier alpha value is -2.14. The van der Waals surface area contributed by atoms with Gasteiger partial charge in [-0.15, -0.1) is 0 Å². The van der Waals surface area contributed by atoms with E-state index in [4.69, 9.17) is 0 Å². The van der Waals surface area contributed by atoms with Crippen LogP contribution in [-0.2, 0) is 4.79 Å². The molecule has 2 saturated heterocycles. The minimum Gasteiger partial charge on any atom is -0.299 e. The molecule has 2 aliphatic heterocycles. The number of likely N-dealkylation sites (tertiary alicyclic amines) is 1. The van der Waals surface area contributed by atoms with Gasteiger partial charge in [-0.1, -0.05) is 108 Å². The lowest BCUT2D eigenvalue weighted by Gasteiger charge is -2.59. The highest BCUT2D eigenvalue weighted by Crippen LogP contribution is 2.53. The molecular weight excluding hydrogens is 482 g/mol. The smallest absolute Gasteiger partial charge is 0.299 e. The van der Waals surface area contributed by atoms with Crippen LogP contribution in [0.2, 0.25) is 0 Å². The van der Waals surface area contributed by atoms with Crippen LogP contribution >= 0.6 is 0 Å². The Balaban J connectivity index is 1.51. The molecule has 2 heterocycles. The molecule has 1 spiro atoms. The van der Waals surface area contributed by atoms with E-state index in [0.29, 0.717) is 19.4 Å². The van der Waals surface area contributed by atoms with Crippen molar-refractivity contribution in [2.24, 2.45) is 0 Å². The van der Waals surface area contributed by atoms with Crippen LogP contribution in [0.3, 0.4) is 0 Å². The van der Waals surface area contributed by atoms with E-state index in [1.54, 1.807) is 4.90 Å². The van der Waals surface area contributed by atoms with Gasteiger partial charge >= 0.3 is 6.03 Å². The van der Waals surface area contributed by atoms with E-state index >= 15 is 0 Å². The summed E-state index contributed by atoms with van der Waals surface area (Å²) < 4.78 is 0. The SMILES string of the molecule is CCCCCCCCCCCCN1C(=O)N(C2C=Cc3ccccc32)C2(CC(C)(C)N(CC)C(C)(C)C2)C1=O. The molecule has 0 aromatic heterocycles. The fourth-order valence-electron chi connectivity index (χ4n) is 8.23. The zero-order chi connectivity index (χ0) is 28.3. The number of fused-ring (bicyclic) bond motifs is 1. The summed E-state index contributed by atoms with van der Waals surface area (Å²) in [5.41, 5.74) is 1.03. The van der Waals surface area contributed by atoms with Crippen molar-refractivity contribution in [2.75, 3.05) is 13.1 Å². The monoisotopic (exact) mass is 535 g/mol. The third-order valence-corrected chi connectivity index (χ3v) is 9.56. The number of hydrogen-bond acceptors (Lipinski definition) is 3. The summed E-state index contributed by atoms with van der Waals surface area (Å²) in [6.07, 6.45) is 18.0. The van der Waals surface area contributed by atoms with Crippen molar-refractivity contribution >= 4 is 18.0 Å². The van der Waals surface area contributed by atoms with Crippen LogP contribution in [0, 0.1) is 0 Å². The minimum absolute atomic E-state index is 0.0260. The minimum atomic E-state index is -0.833. The third kappa shape index (κ3) is 5.85. The maximum Gasteiger partial charge on any atom is 0.328 e. The molecular formula is C34H53N3O2.